The van der Waals surface area contributed by atoms with Crippen LogP contribution in [0.25, 0.3) is 0 Å². The summed E-state index contributed by atoms with van der Waals surface area (Å²) in [5.41, 5.74) is 1.48. The number of hydrogen-bond acceptors (Lipinski definition) is 6. The molecule has 9 heteroatoms. The molecule has 2 heterocycles. The molecule has 1 aliphatic heterocycles. The minimum absolute atomic E-state index is 0.177. The van der Waals surface area contributed by atoms with Crippen LogP contribution in [0.2, 0.25) is 0 Å². The van der Waals surface area contributed by atoms with E-state index in [1.165, 1.54) is 4.31 Å². The molecule has 30 heavy (non-hydrogen) atoms. The Kier molecular flexibility index (Phi) is 7.53. The molecule has 0 saturated carbocycles. The average molecular weight is 432 g/mol. The number of hydrogen-bond donors (Lipinski definition) is 1. The van der Waals surface area contributed by atoms with Crippen LogP contribution in [0, 0.1) is 0 Å². The number of benzene rings is 1. The molecule has 1 unspecified atom stereocenters. The first-order valence-corrected chi connectivity index (χ1v) is 11.4. The normalized spacial score (nSPS) is 17.3. The lowest BCUT2D eigenvalue weighted by Crippen LogP contribution is -2.49. The standard InChI is InChI=1S/C21H25N3O5S/c25-20(23-14-18-9-6-11-22-13-18)15-29-21(26)19-10-4-5-12-24(19)30(27,28)16-17-7-2-1-3-8-17/h1-3,6-9,11,13,19H,4-5,10,12,14-16H2,(H,23,25). The Morgan fingerprint density at radius 1 is 1.10 bits per heavy atom. The summed E-state index contributed by atoms with van der Waals surface area (Å²) in [5.74, 6) is -1.33. The fourth-order valence-electron chi connectivity index (χ4n) is 3.33. The van der Waals surface area contributed by atoms with Crippen molar-refractivity contribution in [2.75, 3.05) is 13.2 Å². The summed E-state index contributed by atoms with van der Waals surface area (Å²) in [6.07, 6.45) is 5.05. The number of nitrogens with zero attached hydrogens (tertiary/aromatic N) is 2. The summed E-state index contributed by atoms with van der Waals surface area (Å²) in [6.45, 7) is 0.0789. The average Bonchev–Trinajstić information content (AvgIpc) is 2.77. The predicted octanol–water partition coefficient (Wildman–Crippen LogP) is 1.63. The first-order chi connectivity index (χ1) is 14.5. The van der Waals surface area contributed by atoms with E-state index in [1.807, 2.05) is 12.1 Å². The predicted molar refractivity (Wildman–Crippen MR) is 110 cm³/mol. The molecular formula is C21H25N3O5S. The molecule has 0 aliphatic carbocycles. The second-order valence-electron chi connectivity index (χ2n) is 7.11. The molecular weight excluding hydrogens is 406 g/mol. The van der Waals surface area contributed by atoms with E-state index in [9.17, 15) is 18.0 Å². The highest BCUT2D eigenvalue weighted by molar-refractivity contribution is 7.88. The smallest absolute Gasteiger partial charge is 0.324 e. The van der Waals surface area contributed by atoms with Crippen molar-refractivity contribution >= 4 is 21.9 Å². The van der Waals surface area contributed by atoms with Crippen LogP contribution in [0.15, 0.2) is 54.9 Å². The number of esters is 1. The molecule has 1 atom stereocenters. The van der Waals surface area contributed by atoms with Gasteiger partial charge in [-0.05, 0) is 36.5 Å². The summed E-state index contributed by atoms with van der Waals surface area (Å²) in [6, 6.07) is 11.5. The summed E-state index contributed by atoms with van der Waals surface area (Å²) in [4.78, 5) is 28.5. The van der Waals surface area contributed by atoms with Crippen molar-refractivity contribution in [3.8, 4) is 0 Å². The maximum atomic E-state index is 12.9. The number of carbonyl (C=O) groups excluding carboxylic acids is 2. The summed E-state index contributed by atoms with van der Waals surface area (Å²) < 4.78 is 32.2. The zero-order chi connectivity index (χ0) is 21.4. The number of ether oxygens (including phenoxy) is 1. The van der Waals surface area contributed by atoms with Gasteiger partial charge in [-0.3, -0.25) is 14.6 Å². The Balaban J connectivity index is 1.55. The largest absolute Gasteiger partial charge is 0.454 e. The highest BCUT2D eigenvalue weighted by Crippen LogP contribution is 2.24. The van der Waals surface area contributed by atoms with E-state index in [4.69, 9.17) is 4.74 Å². The van der Waals surface area contributed by atoms with Gasteiger partial charge < -0.3 is 10.1 Å². The quantitative estimate of drug-likeness (QED) is 0.637. The van der Waals surface area contributed by atoms with E-state index in [0.717, 1.165) is 12.0 Å². The number of rotatable bonds is 8. The number of nitrogens with one attached hydrogen (secondary N) is 1. The fraction of sp³-hybridized carbons (Fsp3) is 0.381. The molecule has 3 rings (SSSR count). The molecule has 1 saturated heterocycles. The number of piperidine rings is 1. The van der Waals surface area contributed by atoms with Gasteiger partial charge in [0.2, 0.25) is 10.0 Å². The molecule has 1 aliphatic rings. The van der Waals surface area contributed by atoms with Crippen LogP contribution in [0.3, 0.4) is 0 Å². The zero-order valence-electron chi connectivity index (χ0n) is 16.6. The van der Waals surface area contributed by atoms with Gasteiger partial charge in [0.1, 0.15) is 6.04 Å². The SMILES string of the molecule is O=C(COC(=O)C1CCCCN1S(=O)(=O)Cc1ccccc1)NCc1cccnc1. The van der Waals surface area contributed by atoms with E-state index in [0.29, 0.717) is 18.4 Å². The molecule has 8 nitrogen and oxygen atoms in total. The van der Waals surface area contributed by atoms with Crippen LogP contribution in [0.5, 0.6) is 0 Å². The number of carbonyl (C=O) groups is 2. The Hall–Kier alpha value is -2.78. The summed E-state index contributed by atoms with van der Waals surface area (Å²) in [5, 5.41) is 2.64. The Labute approximate surface area is 176 Å². The highest BCUT2D eigenvalue weighted by atomic mass is 32.2. The first kappa shape index (κ1) is 21.9. The lowest BCUT2D eigenvalue weighted by molar-refractivity contribution is -0.153. The van der Waals surface area contributed by atoms with Crippen molar-refractivity contribution in [3.63, 3.8) is 0 Å². The third-order valence-electron chi connectivity index (χ3n) is 4.83. The molecule has 0 spiro atoms. The van der Waals surface area contributed by atoms with Crippen molar-refractivity contribution in [2.45, 2.75) is 37.6 Å². The van der Waals surface area contributed by atoms with Gasteiger partial charge in [-0.1, -0.05) is 36.4 Å². The van der Waals surface area contributed by atoms with Crippen LogP contribution in [0.4, 0.5) is 0 Å². The van der Waals surface area contributed by atoms with Gasteiger partial charge in [0.25, 0.3) is 5.91 Å². The van der Waals surface area contributed by atoms with Crippen molar-refractivity contribution in [1.29, 1.82) is 0 Å². The van der Waals surface area contributed by atoms with Crippen molar-refractivity contribution < 1.29 is 22.7 Å². The Morgan fingerprint density at radius 2 is 1.87 bits per heavy atom. The van der Waals surface area contributed by atoms with Gasteiger partial charge in [0.05, 0.1) is 5.75 Å². The number of sulfonamides is 1. The fourth-order valence-corrected chi connectivity index (χ4v) is 5.09. The molecule has 1 aromatic heterocycles. The second kappa shape index (κ2) is 10.3. The molecule has 1 fully saturated rings. The Morgan fingerprint density at radius 3 is 2.60 bits per heavy atom. The van der Waals surface area contributed by atoms with Gasteiger partial charge in [-0.15, -0.1) is 0 Å². The topological polar surface area (TPSA) is 106 Å². The monoisotopic (exact) mass is 431 g/mol. The Bertz CT molecular complexity index is 951. The van der Waals surface area contributed by atoms with Crippen LogP contribution < -0.4 is 5.32 Å². The molecule has 1 N–H and O–H groups in total. The van der Waals surface area contributed by atoms with Gasteiger partial charge >= 0.3 is 5.97 Å². The maximum Gasteiger partial charge on any atom is 0.324 e. The van der Waals surface area contributed by atoms with Crippen LogP contribution in [-0.4, -0.2) is 48.8 Å². The van der Waals surface area contributed by atoms with E-state index in [1.54, 1.807) is 42.7 Å². The molecule has 1 aromatic carbocycles. The van der Waals surface area contributed by atoms with Crippen molar-refractivity contribution in [3.05, 3.63) is 66.0 Å². The third kappa shape index (κ3) is 6.11. The summed E-state index contributed by atoms with van der Waals surface area (Å²) >= 11 is 0. The molecule has 0 bridgehead atoms. The van der Waals surface area contributed by atoms with Gasteiger partial charge in [0, 0.05) is 25.5 Å². The maximum absolute atomic E-state index is 12.9. The first-order valence-electron chi connectivity index (χ1n) is 9.81. The molecule has 0 radical (unpaired) electrons. The van der Waals surface area contributed by atoms with Crippen LogP contribution in [-0.2, 0) is 36.6 Å². The highest BCUT2D eigenvalue weighted by Gasteiger charge is 2.37. The third-order valence-corrected chi connectivity index (χ3v) is 6.68. The van der Waals surface area contributed by atoms with E-state index < -0.39 is 34.5 Å². The minimum atomic E-state index is -3.69. The minimum Gasteiger partial charge on any atom is -0.454 e. The van der Waals surface area contributed by atoms with E-state index >= 15 is 0 Å². The molecule has 2 aromatic rings. The summed E-state index contributed by atoms with van der Waals surface area (Å²) in [7, 11) is -3.69. The molecule has 1 amide bonds. The van der Waals surface area contributed by atoms with Gasteiger partial charge in [-0.25, -0.2) is 8.42 Å². The van der Waals surface area contributed by atoms with Crippen molar-refractivity contribution in [2.24, 2.45) is 0 Å². The van der Waals surface area contributed by atoms with Gasteiger partial charge in [0.15, 0.2) is 6.61 Å². The molecule has 160 valence electrons. The van der Waals surface area contributed by atoms with E-state index in [-0.39, 0.29) is 18.8 Å². The lowest BCUT2D eigenvalue weighted by atomic mass is 10.1. The second-order valence-corrected chi connectivity index (χ2v) is 9.03. The van der Waals surface area contributed by atoms with Crippen molar-refractivity contribution in [1.82, 2.24) is 14.6 Å². The van der Waals surface area contributed by atoms with E-state index in [2.05, 4.69) is 10.3 Å². The zero-order valence-corrected chi connectivity index (χ0v) is 17.4. The van der Waals surface area contributed by atoms with Gasteiger partial charge in [-0.2, -0.15) is 4.31 Å². The number of amides is 1. The van der Waals surface area contributed by atoms with Crippen LogP contribution >= 0.6 is 0 Å². The number of aromatic nitrogens is 1. The van der Waals surface area contributed by atoms with Crippen LogP contribution in [0.1, 0.15) is 30.4 Å². The lowest BCUT2D eigenvalue weighted by Gasteiger charge is -2.33. The number of pyridine rings is 1.